The Bertz CT molecular complexity index is 1580. The van der Waals surface area contributed by atoms with Gasteiger partial charge in [0.2, 0.25) is 0 Å². The number of nitrogen functional groups attached to an aromatic ring is 2. The molecule has 13 nitrogen and oxygen atoms in total. The molecule has 0 radical (unpaired) electrons. The van der Waals surface area contributed by atoms with Crippen LogP contribution in [0.4, 0.5) is 22.9 Å². The summed E-state index contributed by atoms with van der Waals surface area (Å²) in [4.78, 5) is 40.3. The lowest BCUT2D eigenvalue weighted by Gasteiger charge is -2.08. The van der Waals surface area contributed by atoms with Crippen LogP contribution in [0.15, 0.2) is 27.5 Å². The molecule has 0 aliphatic heterocycles. The highest BCUT2D eigenvalue weighted by atomic mass is 32.1. The van der Waals surface area contributed by atoms with E-state index in [2.05, 4.69) is 15.6 Å². The number of nitrogens with one attached hydrogen (secondary N) is 2. The number of carbonyl (C=O) groups is 1. The van der Waals surface area contributed by atoms with E-state index in [4.69, 9.17) is 16.0 Å². The van der Waals surface area contributed by atoms with Gasteiger partial charge in [-0.15, -0.1) is 11.3 Å². The van der Waals surface area contributed by atoms with Crippen LogP contribution in [-0.4, -0.2) is 21.1 Å². The number of hydrogen-bond donors (Lipinski definition) is 4. The molecule has 0 bridgehead atoms. The third kappa shape index (κ3) is 3.42. The van der Waals surface area contributed by atoms with E-state index in [9.17, 15) is 25.0 Å². The normalized spacial score (nSPS) is 10.8. The average molecular weight is 467 g/mol. The van der Waals surface area contributed by atoms with Gasteiger partial charge in [-0.1, -0.05) is 10.7 Å². The number of anilines is 3. The van der Waals surface area contributed by atoms with E-state index < -0.39 is 16.5 Å². The summed E-state index contributed by atoms with van der Waals surface area (Å²) in [7, 11) is 1.49. The molecule has 0 saturated heterocycles. The summed E-state index contributed by atoms with van der Waals surface area (Å²) in [5.74, 6) is -0.795. The lowest BCUT2D eigenvalue weighted by atomic mass is 10.0. The first kappa shape index (κ1) is 21.5. The maximum absolute atomic E-state index is 13.0. The minimum absolute atomic E-state index is 0.0294. The van der Waals surface area contributed by atoms with Gasteiger partial charge >= 0.3 is 11.3 Å². The number of nitrogens with zero attached hydrogens (tertiary/aromatic N) is 4. The predicted molar refractivity (Wildman–Crippen MR) is 118 cm³/mol. The lowest BCUT2D eigenvalue weighted by molar-refractivity contribution is -0.730. The summed E-state index contributed by atoms with van der Waals surface area (Å²) >= 11 is 0.901. The number of benzene rings is 1. The molecule has 1 amide bonds. The minimum Gasteiger partial charge on any atom is -0.397 e. The number of nitriles is 1. The van der Waals surface area contributed by atoms with E-state index in [0.29, 0.717) is 5.56 Å². The van der Waals surface area contributed by atoms with E-state index >= 15 is 0 Å². The van der Waals surface area contributed by atoms with Gasteiger partial charge in [-0.2, -0.15) is 5.26 Å². The number of nitro benzene ring substituents is 1. The van der Waals surface area contributed by atoms with Crippen molar-refractivity contribution < 1.29 is 18.9 Å². The molecule has 0 unspecified atom stereocenters. The number of H-pyrrole nitrogens is 1. The zero-order valence-electron chi connectivity index (χ0n) is 17.1. The third-order valence-electron chi connectivity index (χ3n) is 4.94. The summed E-state index contributed by atoms with van der Waals surface area (Å²) in [5, 5.41) is 25.9. The molecule has 3 heterocycles. The van der Waals surface area contributed by atoms with Gasteiger partial charge in [-0.25, -0.2) is 9.78 Å². The molecule has 0 aliphatic rings. The highest BCUT2D eigenvalue weighted by molar-refractivity contribution is 7.21. The van der Waals surface area contributed by atoms with Crippen LogP contribution in [0.5, 0.6) is 0 Å². The summed E-state index contributed by atoms with van der Waals surface area (Å²) in [5.41, 5.74) is 12.0. The highest BCUT2D eigenvalue weighted by Gasteiger charge is 2.32. The SMILES string of the molecule is Cc1ccc([N+](=O)[O-])cc1NC(=O)c1sc2nc(N)c(C#N)c(-c3c(=O)o[nH][n+]3C)c2c1N. The Kier molecular flexibility index (Phi) is 5.03. The Morgan fingerprint density at radius 2 is 2.15 bits per heavy atom. The molecular weight excluding hydrogens is 452 g/mol. The monoisotopic (exact) mass is 467 g/mol. The number of fused-ring (bicyclic) bond motifs is 1. The molecule has 14 heteroatoms. The van der Waals surface area contributed by atoms with Crippen molar-refractivity contribution in [1.29, 1.82) is 5.26 Å². The van der Waals surface area contributed by atoms with Gasteiger partial charge in [0.15, 0.2) is 7.05 Å². The number of amides is 1. The third-order valence-corrected chi connectivity index (χ3v) is 6.04. The quantitative estimate of drug-likeness (QED) is 0.194. The van der Waals surface area contributed by atoms with Crippen LogP contribution in [0.25, 0.3) is 21.5 Å². The van der Waals surface area contributed by atoms with Gasteiger partial charge in [0.05, 0.1) is 27.2 Å². The fraction of sp³-hybridized carbons (Fsp3) is 0.105. The Morgan fingerprint density at radius 1 is 1.42 bits per heavy atom. The number of non-ortho nitro benzene ring substituents is 1. The van der Waals surface area contributed by atoms with Gasteiger partial charge < -0.3 is 16.8 Å². The van der Waals surface area contributed by atoms with E-state index in [1.807, 2.05) is 6.07 Å². The van der Waals surface area contributed by atoms with Crippen molar-refractivity contribution in [2.75, 3.05) is 16.8 Å². The molecule has 0 fully saturated rings. The molecule has 3 aromatic heterocycles. The number of aromatic amines is 1. The maximum atomic E-state index is 13.0. The van der Waals surface area contributed by atoms with Gasteiger partial charge in [-0.3, -0.25) is 19.4 Å². The first-order valence-electron chi connectivity index (χ1n) is 9.19. The van der Waals surface area contributed by atoms with E-state index in [1.165, 1.54) is 29.9 Å². The summed E-state index contributed by atoms with van der Waals surface area (Å²) in [6.07, 6.45) is 0. The fourth-order valence-electron chi connectivity index (χ4n) is 3.34. The second kappa shape index (κ2) is 7.73. The van der Waals surface area contributed by atoms with Gasteiger partial charge in [-0.05, 0) is 17.8 Å². The molecule has 6 N–H and O–H groups in total. The zero-order valence-corrected chi connectivity index (χ0v) is 17.9. The second-order valence-electron chi connectivity index (χ2n) is 6.98. The Morgan fingerprint density at radius 3 is 2.76 bits per heavy atom. The molecule has 0 saturated carbocycles. The number of carbonyl (C=O) groups excluding carboxylic acids is 1. The first-order valence-corrected chi connectivity index (χ1v) is 10.0. The van der Waals surface area contributed by atoms with Crippen LogP contribution in [0.3, 0.4) is 0 Å². The molecule has 1 aromatic carbocycles. The summed E-state index contributed by atoms with van der Waals surface area (Å²) < 4.78 is 6.05. The minimum atomic E-state index is -0.773. The van der Waals surface area contributed by atoms with Crippen molar-refractivity contribution in [3.63, 3.8) is 0 Å². The smallest absolute Gasteiger partial charge is 0.397 e. The van der Waals surface area contributed by atoms with Crippen LogP contribution in [0, 0.1) is 28.4 Å². The van der Waals surface area contributed by atoms with Crippen molar-refractivity contribution in [3.8, 4) is 17.3 Å². The molecule has 33 heavy (non-hydrogen) atoms. The van der Waals surface area contributed by atoms with Crippen molar-refractivity contribution >= 4 is 50.3 Å². The molecule has 0 atom stereocenters. The maximum Gasteiger partial charge on any atom is 0.435 e. The number of nitrogens with two attached hydrogens (primary N) is 2. The van der Waals surface area contributed by atoms with Crippen LogP contribution >= 0.6 is 11.3 Å². The van der Waals surface area contributed by atoms with E-state index in [1.54, 1.807) is 6.92 Å². The number of pyridine rings is 1. The molecule has 0 spiro atoms. The molecule has 0 aliphatic carbocycles. The highest BCUT2D eigenvalue weighted by Crippen LogP contribution is 2.41. The van der Waals surface area contributed by atoms with Crippen LogP contribution in [0.2, 0.25) is 0 Å². The second-order valence-corrected chi connectivity index (χ2v) is 7.98. The average Bonchev–Trinajstić information content (AvgIpc) is 3.27. The number of nitro groups is 1. The summed E-state index contributed by atoms with van der Waals surface area (Å²) in [6, 6.07) is 5.98. The lowest BCUT2D eigenvalue weighted by Crippen LogP contribution is -2.34. The number of aromatic nitrogens is 3. The Hall–Kier alpha value is -4.77. The predicted octanol–water partition coefficient (Wildman–Crippen LogP) is 1.57. The molecular formula is C19H15N8O5S+. The Labute approximate surface area is 188 Å². The van der Waals surface area contributed by atoms with Crippen LogP contribution in [-0.2, 0) is 7.05 Å². The van der Waals surface area contributed by atoms with Crippen molar-refractivity contribution in [2.45, 2.75) is 6.92 Å². The van der Waals surface area contributed by atoms with Gasteiger partial charge in [0.1, 0.15) is 27.2 Å². The first-order chi connectivity index (χ1) is 15.6. The Balaban J connectivity index is 1.91. The largest absolute Gasteiger partial charge is 0.435 e. The van der Waals surface area contributed by atoms with Gasteiger partial charge in [0, 0.05) is 12.1 Å². The van der Waals surface area contributed by atoms with Crippen LogP contribution in [0.1, 0.15) is 20.8 Å². The zero-order chi connectivity index (χ0) is 24.0. The molecule has 166 valence electrons. The standard InChI is InChI=1S/C19H14N8O5S/c1-7-3-4-8(27(30)31)5-10(7)23-17(28)15-13(21)12-11(14-19(29)32-25-26(14)2)9(6-20)16(22)24-18(12)33-15/h3-5H,1-2H3,(H5-,21,22,23,24,25,28,29)/p+1. The molecule has 4 aromatic rings. The fourth-order valence-corrected chi connectivity index (χ4v) is 4.34. The summed E-state index contributed by atoms with van der Waals surface area (Å²) in [6.45, 7) is 1.68. The number of thiophene rings is 1. The topological polar surface area (TPSA) is 211 Å². The van der Waals surface area contributed by atoms with Crippen molar-refractivity contribution in [1.82, 2.24) is 10.3 Å². The molecule has 4 rings (SSSR count). The van der Waals surface area contributed by atoms with Gasteiger partial charge in [0.25, 0.3) is 11.6 Å². The van der Waals surface area contributed by atoms with Crippen LogP contribution < -0.4 is 27.1 Å². The van der Waals surface area contributed by atoms with E-state index in [-0.39, 0.29) is 54.8 Å². The van der Waals surface area contributed by atoms with E-state index in [0.717, 1.165) is 11.3 Å². The number of hydrogen-bond acceptors (Lipinski definition) is 10. The number of rotatable bonds is 4. The van der Waals surface area contributed by atoms with Crippen molar-refractivity contribution in [3.05, 3.63) is 54.7 Å². The van der Waals surface area contributed by atoms with Crippen molar-refractivity contribution in [2.24, 2.45) is 7.05 Å². The number of aryl methyl sites for hydroxylation is 2.